The molecule has 1 amide bonds. The number of methoxy groups -OCH3 is 1. The van der Waals surface area contributed by atoms with E-state index in [1.807, 2.05) is 23.7 Å². The first-order valence-electron chi connectivity index (χ1n) is 12.7. The van der Waals surface area contributed by atoms with Gasteiger partial charge in [0.25, 0.3) is 5.91 Å². The van der Waals surface area contributed by atoms with Crippen LogP contribution < -0.4 is 10.1 Å². The zero-order valence-corrected chi connectivity index (χ0v) is 22.5. The number of hydrogen-bond donors (Lipinski definition) is 1. The molecule has 7 nitrogen and oxygen atoms in total. The maximum atomic E-state index is 14.1. The molecule has 0 spiro atoms. The molecular formula is C28H38FN5O2. The lowest BCUT2D eigenvalue weighted by molar-refractivity contribution is 0.0910. The Labute approximate surface area is 213 Å². The summed E-state index contributed by atoms with van der Waals surface area (Å²) in [6, 6.07) is 7.12. The third-order valence-corrected chi connectivity index (χ3v) is 6.85. The Morgan fingerprint density at radius 2 is 1.92 bits per heavy atom. The Balaban J connectivity index is 1.48. The highest BCUT2D eigenvalue weighted by molar-refractivity contribution is 6.06. The monoisotopic (exact) mass is 495 g/mol. The van der Waals surface area contributed by atoms with Crippen molar-refractivity contribution in [3.63, 3.8) is 0 Å². The summed E-state index contributed by atoms with van der Waals surface area (Å²) < 4.78 is 21.0. The fraction of sp³-hybridized carbons (Fsp3) is 0.536. The highest BCUT2D eigenvalue weighted by Crippen LogP contribution is 2.29. The molecule has 1 aromatic carbocycles. The molecule has 1 fully saturated rings. The molecule has 0 radical (unpaired) electrons. The lowest BCUT2D eigenvalue weighted by Gasteiger charge is -2.32. The number of carbonyl (C=O) groups is 1. The maximum Gasteiger partial charge on any atom is 0.252 e. The van der Waals surface area contributed by atoms with Crippen molar-refractivity contribution in [2.24, 2.45) is 0 Å². The molecule has 0 bridgehead atoms. The van der Waals surface area contributed by atoms with Gasteiger partial charge in [0.15, 0.2) is 17.2 Å². The summed E-state index contributed by atoms with van der Waals surface area (Å²) in [5.74, 6) is 0.0353. The van der Waals surface area contributed by atoms with Gasteiger partial charge in [0, 0.05) is 31.4 Å². The molecule has 3 aromatic rings. The second kappa shape index (κ2) is 10.2. The van der Waals surface area contributed by atoms with Crippen molar-refractivity contribution in [3.8, 4) is 5.75 Å². The first-order chi connectivity index (χ1) is 17.0. The summed E-state index contributed by atoms with van der Waals surface area (Å²) in [5, 5.41) is 8.85. The van der Waals surface area contributed by atoms with Gasteiger partial charge in [-0.1, -0.05) is 19.9 Å². The fourth-order valence-corrected chi connectivity index (χ4v) is 4.82. The van der Waals surface area contributed by atoms with Crippen molar-refractivity contribution < 1.29 is 13.9 Å². The van der Waals surface area contributed by atoms with Gasteiger partial charge in [-0.2, -0.15) is 5.10 Å². The summed E-state index contributed by atoms with van der Waals surface area (Å²) in [5.41, 5.74) is 3.78. The molecule has 3 heterocycles. The molecular weight excluding hydrogens is 457 g/mol. The molecule has 4 rings (SSSR count). The number of nitrogens with one attached hydrogen (secondary N) is 1. The van der Waals surface area contributed by atoms with Crippen LogP contribution in [0.3, 0.4) is 0 Å². The number of hydrogen-bond acceptors (Lipinski definition) is 5. The Bertz CT molecular complexity index is 1250. The summed E-state index contributed by atoms with van der Waals surface area (Å²) in [7, 11) is 1.47. The number of aryl methyl sites for hydroxylation is 1. The maximum absolute atomic E-state index is 14.1. The number of ether oxygens (including phenoxy) is 1. The molecule has 0 saturated carbocycles. The highest BCUT2D eigenvalue weighted by Gasteiger charge is 2.27. The number of halogens is 1. The van der Waals surface area contributed by atoms with Gasteiger partial charge in [-0.05, 0) is 70.2 Å². The van der Waals surface area contributed by atoms with Crippen LogP contribution in [0.5, 0.6) is 5.75 Å². The zero-order valence-electron chi connectivity index (χ0n) is 22.5. The summed E-state index contributed by atoms with van der Waals surface area (Å²) >= 11 is 0. The Kier molecular flexibility index (Phi) is 7.36. The van der Waals surface area contributed by atoms with E-state index < -0.39 is 0 Å². The van der Waals surface area contributed by atoms with Gasteiger partial charge in [-0.15, -0.1) is 0 Å². The van der Waals surface area contributed by atoms with Crippen LogP contribution in [-0.4, -0.2) is 51.8 Å². The van der Waals surface area contributed by atoms with E-state index in [4.69, 9.17) is 14.8 Å². The van der Waals surface area contributed by atoms with Gasteiger partial charge in [0.2, 0.25) is 0 Å². The van der Waals surface area contributed by atoms with E-state index in [0.29, 0.717) is 12.1 Å². The third kappa shape index (κ3) is 5.38. The summed E-state index contributed by atoms with van der Waals surface area (Å²) in [4.78, 5) is 20.7. The molecule has 1 aliphatic rings. The Morgan fingerprint density at radius 1 is 1.22 bits per heavy atom. The van der Waals surface area contributed by atoms with E-state index in [0.717, 1.165) is 53.9 Å². The van der Waals surface area contributed by atoms with Crippen molar-refractivity contribution in [1.82, 2.24) is 25.0 Å². The number of carbonyl (C=O) groups excluding carboxylic acids is 1. The van der Waals surface area contributed by atoms with E-state index in [-0.39, 0.29) is 35.0 Å². The van der Waals surface area contributed by atoms with Crippen LogP contribution in [0.25, 0.3) is 11.0 Å². The van der Waals surface area contributed by atoms with Gasteiger partial charge in [-0.25, -0.2) is 14.1 Å². The second-order valence-electron chi connectivity index (χ2n) is 11.1. The van der Waals surface area contributed by atoms with Crippen LogP contribution in [-0.2, 0) is 12.1 Å². The smallest absolute Gasteiger partial charge is 0.252 e. The quantitative estimate of drug-likeness (QED) is 0.511. The van der Waals surface area contributed by atoms with E-state index in [1.54, 1.807) is 6.07 Å². The van der Waals surface area contributed by atoms with Gasteiger partial charge in [0.05, 0.1) is 29.3 Å². The van der Waals surface area contributed by atoms with E-state index in [9.17, 15) is 9.18 Å². The topological polar surface area (TPSA) is 72.3 Å². The fourth-order valence-electron chi connectivity index (χ4n) is 4.82. The minimum Gasteiger partial charge on any atom is -0.494 e. The molecule has 194 valence electrons. The van der Waals surface area contributed by atoms with Crippen molar-refractivity contribution in [2.75, 3.05) is 20.2 Å². The number of aromatic nitrogens is 3. The predicted molar refractivity (Wildman–Crippen MR) is 140 cm³/mol. The molecule has 0 unspecified atom stereocenters. The number of amides is 1. The van der Waals surface area contributed by atoms with Gasteiger partial charge in [-0.3, -0.25) is 9.69 Å². The number of likely N-dealkylation sites (tertiary alicyclic amines) is 1. The average Bonchev–Trinajstić information content (AvgIpc) is 3.17. The van der Waals surface area contributed by atoms with E-state index in [2.05, 4.69) is 44.8 Å². The number of rotatable bonds is 6. The van der Waals surface area contributed by atoms with E-state index >= 15 is 0 Å². The summed E-state index contributed by atoms with van der Waals surface area (Å²) in [6.45, 7) is 14.7. The van der Waals surface area contributed by atoms with Crippen molar-refractivity contribution >= 4 is 16.9 Å². The van der Waals surface area contributed by atoms with Crippen LogP contribution in [0.1, 0.15) is 80.7 Å². The molecule has 1 saturated heterocycles. The lowest BCUT2D eigenvalue weighted by atomic mass is 10.0. The largest absolute Gasteiger partial charge is 0.494 e. The summed E-state index contributed by atoms with van der Waals surface area (Å²) in [6.07, 6.45) is 1.69. The molecule has 8 heteroatoms. The van der Waals surface area contributed by atoms with E-state index in [1.165, 1.54) is 13.2 Å². The van der Waals surface area contributed by atoms with Crippen LogP contribution in [0.15, 0.2) is 24.3 Å². The first kappa shape index (κ1) is 26.1. The second-order valence-corrected chi connectivity index (χ2v) is 11.1. The predicted octanol–water partition coefficient (Wildman–Crippen LogP) is 5.16. The lowest BCUT2D eigenvalue weighted by Crippen LogP contribution is -2.44. The SMILES string of the molecule is COc1ccc(CN2CCC(NC(=O)c3cc(C(C)C)nc4c3c(C)nn4C(C)(C)C)CC2)cc1F. The molecule has 0 atom stereocenters. The van der Waals surface area contributed by atoms with Crippen molar-refractivity contribution in [3.05, 3.63) is 52.6 Å². The average molecular weight is 496 g/mol. The van der Waals surface area contributed by atoms with Gasteiger partial charge < -0.3 is 10.1 Å². The van der Waals surface area contributed by atoms with Crippen LogP contribution >= 0.6 is 0 Å². The van der Waals surface area contributed by atoms with Gasteiger partial charge >= 0.3 is 0 Å². The molecule has 0 aliphatic carbocycles. The van der Waals surface area contributed by atoms with Crippen LogP contribution in [0.4, 0.5) is 4.39 Å². The minimum atomic E-state index is -0.341. The number of fused-ring (bicyclic) bond motifs is 1. The molecule has 1 N–H and O–H groups in total. The molecule has 36 heavy (non-hydrogen) atoms. The Hall–Kier alpha value is -3.00. The number of piperidine rings is 1. The third-order valence-electron chi connectivity index (χ3n) is 6.85. The first-order valence-corrected chi connectivity index (χ1v) is 12.7. The Morgan fingerprint density at radius 3 is 2.50 bits per heavy atom. The van der Waals surface area contributed by atoms with Crippen LogP contribution in [0.2, 0.25) is 0 Å². The molecule has 2 aromatic heterocycles. The number of nitrogens with zero attached hydrogens (tertiary/aromatic N) is 4. The normalized spacial score (nSPS) is 15.6. The number of pyridine rings is 1. The van der Waals surface area contributed by atoms with Crippen molar-refractivity contribution in [1.29, 1.82) is 0 Å². The van der Waals surface area contributed by atoms with Crippen molar-refractivity contribution in [2.45, 2.75) is 78.4 Å². The zero-order chi connectivity index (χ0) is 26.2. The minimum absolute atomic E-state index is 0.0727. The van der Waals surface area contributed by atoms with Gasteiger partial charge in [0.1, 0.15) is 0 Å². The molecule has 1 aliphatic heterocycles. The number of benzene rings is 1. The highest BCUT2D eigenvalue weighted by atomic mass is 19.1. The van der Waals surface area contributed by atoms with Crippen LogP contribution in [0, 0.1) is 12.7 Å². The standard InChI is InChI=1S/C28H38FN5O2/c1-17(2)23-15-21(25-18(3)32-34(26(25)31-23)28(4,5)6)27(35)30-20-10-12-33(13-11-20)16-19-8-9-24(36-7)22(29)14-19/h8-9,14-15,17,20H,10-13,16H2,1-7H3,(H,30,35).